The Balaban J connectivity index is 1.07. The predicted molar refractivity (Wildman–Crippen MR) is 149 cm³/mol. The minimum atomic E-state index is -0.699. The van der Waals surface area contributed by atoms with Crippen molar-refractivity contribution in [2.24, 2.45) is 16.7 Å². The van der Waals surface area contributed by atoms with Crippen LogP contribution in [0.1, 0.15) is 55.8 Å². The van der Waals surface area contributed by atoms with E-state index in [4.69, 9.17) is 0 Å². The van der Waals surface area contributed by atoms with Crippen LogP contribution in [-0.2, 0) is 4.79 Å². The van der Waals surface area contributed by atoms with Crippen molar-refractivity contribution in [3.8, 4) is 11.4 Å². The lowest BCUT2D eigenvalue weighted by molar-refractivity contribution is -0.196. The average molecular weight is 522 g/mol. The molecule has 39 heavy (non-hydrogen) atoms. The molecule has 4 atom stereocenters. The first-order chi connectivity index (χ1) is 18.7. The van der Waals surface area contributed by atoms with Gasteiger partial charge in [-0.2, -0.15) is 0 Å². The van der Waals surface area contributed by atoms with Crippen molar-refractivity contribution in [1.29, 1.82) is 0 Å². The number of aromatic amines is 1. The number of nitrogens with zero attached hydrogens (tertiary/aromatic N) is 2. The molecule has 4 aromatic rings. The summed E-state index contributed by atoms with van der Waals surface area (Å²) in [5, 5.41) is 17.1. The van der Waals surface area contributed by atoms with Gasteiger partial charge < -0.3 is 20.7 Å². The quantitative estimate of drug-likeness (QED) is 0.275. The summed E-state index contributed by atoms with van der Waals surface area (Å²) in [7, 11) is 0. The maximum absolute atomic E-state index is 13.5. The number of nitrogens with one attached hydrogen (secondary N) is 3. The number of H-pyrrole nitrogens is 1. The van der Waals surface area contributed by atoms with E-state index in [-0.39, 0.29) is 17.2 Å². The summed E-state index contributed by atoms with van der Waals surface area (Å²) in [6.45, 7) is 2.24. The fraction of sp³-hybridized carbons (Fsp3) is 0.355. The topological polar surface area (TPSA) is 120 Å². The molecule has 0 spiro atoms. The highest BCUT2D eigenvalue weighted by atomic mass is 16.3. The van der Waals surface area contributed by atoms with Gasteiger partial charge in [0.1, 0.15) is 11.6 Å². The largest absolute Gasteiger partial charge is 0.390 e. The van der Waals surface area contributed by atoms with Gasteiger partial charge in [0.25, 0.3) is 5.91 Å². The van der Waals surface area contributed by atoms with Crippen molar-refractivity contribution in [1.82, 2.24) is 15.0 Å². The van der Waals surface area contributed by atoms with Crippen molar-refractivity contribution < 1.29 is 14.7 Å². The summed E-state index contributed by atoms with van der Waals surface area (Å²) >= 11 is 0. The summed E-state index contributed by atoms with van der Waals surface area (Å²) in [5.74, 6) is 1.39. The minimum Gasteiger partial charge on any atom is -0.390 e. The lowest BCUT2D eigenvalue weighted by Gasteiger charge is -2.63. The fourth-order valence-electron chi connectivity index (χ4n) is 8.01. The van der Waals surface area contributed by atoms with Gasteiger partial charge in [0.05, 0.1) is 22.0 Å². The first-order valence-corrected chi connectivity index (χ1v) is 13.6. The standard InChI is InChI=1S/C31H31N5O3/c1-29-13-19-14-30(16-29,18-31(39,15-19)17-29)28(38)33-22-8-5-20(6-9-22)26-34-23-10-7-21(12-24(23)35-26)27(37)36-25-4-2-3-11-32-25/h2-12,19,39H,13-18H2,1H3,(H,33,38)(H,34,35)(H,32,36,37). The number of fused-ring (bicyclic) bond motifs is 1. The van der Waals surface area contributed by atoms with E-state index in [1.807, 2.05) is 36.4 Å². The third-order valence-corrected chi connectivity index (χ3v) is 8.87. The van der Waals surface area contributed by atoms with Gasteiger partial charge in [-0.25, -0.2) is 9.97 Å². The summed E-state index contributed by atoms with van der Waals surface area (Å²) in [5.41, 5.74) is 2.49. The number of carbonyl (C=O) groups is 2. The number of hydrogen-bond donors (Lipinski definition) is 4. The van der Waals surface area contributed by atoms with E-state index in [1.54, 1.807) is 30.5 Å². The first-order valence-electron chi connectivity index (χ1n) is 13.6. The van der Waals surface area contributed by atoms with Gasteiger partial charge in [0, 0.05) is 23.0 Å². The van der Waals surface area contributed by atoms with Crippen LogP contribution in [0.4, 0.5) is 11.5 Å². The van der Waals surface area contributed by atoms with E-state index in [2.05, 4.69) is 32.5 Å². The van der Waals surface area contributed by atoms with Gasteiger partial charge in [-0.1, -0.05) is 13.0 Å². The van der Waals surface area contributed by atoms with Gasteiger partial charge in [0.15, 0.2) is 0 Å². The maximum atomic E-state index is 13.5. The summed E-state index contributed by atoms with van der Waals surface area (Å²) < 4.78 is 0. The van der Waals surface area contributed by atoms with Crippen LogP contribution in [0.15, 0.2) is 66.9 Å². The molecule has 198 valence electrons. The number of imidazole rings is 1. The van der Waals surface area contributed by atoms with Crippen LogP contribution >= 0.6 is 0 Å². The molecule has 2 aromatic carbocycles. The Morgan fingerprint density at radius 2 is 1.82 bits per heavy atom. The molecule has 4 aliphatic carbocycles. The van der Waals surface area contributed by atoms with Crippen molar-refractivity contribution in [3.63, 3.8) is 0 Å². The minimum absolute atomic E-state index is 0.0317. The van der Waals surface area contributed by atoms with E-state index < -0.39 is 11.0 Å². The van der Waals surface area contributed by atoms with E-state index in [0.717, 1.165) is 54.4 Å². The van der Waals surface area contributed by atoms with Gasteiger partial charge in [0.2, 0.25) is 5.91 Å². The van der Waals surface area contributed by atoms with Crippen molar-refractivity contribution in [3.05, 3.63) is 72.4 Å². The molecule has 4 fully saturated rings. The molecule has 4 bridgehead atoms. The lowest BCUT2D eigenvalue weighted by Crippen LogP contribution is -2.62. The molecule has 4 saturated carbocycles. The number of amides is 2. The third-order valence-electron chi connectivity index (χ3n) is 8.87. The number of pyridine rings is 1. The highest BCUT2D eigenvalue weighted by molar-refractivity contribution is 6.05. The molecule has 0 radical (unpaired) electrons. The molecule has 0 aliphatic heterocycles. The van der Waals surface area contributed by atoms with Crippen LogP contribution in [0.25, 0.3) is 22.4 Å². The number of aromatic nitrogens is 3. The van der Waals surface area contributed by atoms with E-state index in [9.17, 15) is 14.7 Å². The number of anilines is 2. The Kier molecular flexibility index (Phi) is 5.23. The SMILES string of the molecule is CC12CC3CC(O)(C1)CC(C(=O)Nc1ccc(-c4nc5ccc(C(=O)Nc6ccccn6)cc5[nH]4)cc1)(C3)C2. The molecule has 2 amide bonds. The molecule has 8 heteroatoms. The van der Waals surface area contributed by atoms with Crippen molar-refractivity contribution in [2.45, 2.75) is 51.0 Å². The molecule has 2 aromatic heterocycles. The van der Waals surface area contributed by atoms with Crippen LogP contribution in [0.5, 0.6) is 0 Å². The lowest BCUT2D eigenvalue weighted by atomic mass is 9.43. The van der Waals surface area contributed by atoms with E-state index in [1.165, 1.54) is 0 Å². The zero-order chi connectivity index (χ0) is 26.8. The third kappa shape index (κ3) is 4.29. The van der Waals surface area contributed by atoms with E-state index in [0.29, 0.717) is 29.5 Å². The summed E-state index contributed by atoms with van der Waals surface area (Å²) in [4.78, 5) is 38.3. The number of benzene rings is 2. The van der Waals surface area contributed by atoms with Crippen LogP contribution in [-0.4, -0.2) is 37.5 Å². The number of hydrogen-bond acceptors (Lipinski definition) is 5. The second-order valence-electron chi connectivity index (χ2n) is 12.3. The molecule has 0 saturated heterocycles. The normalized spacial score (nSPS) is 28.9. The van der Waals surface area contributed by atoms with Crippen molar-refractivity contribution >= 4 is 34.4 Å². The highest BCUT2D eigenvalue weighted by Crippen LogP contribution is 2.66. The Hall–Kier alpha value is -4.04. The molecule has 4 aliphatic rings. The van der Waals surface area contributed by atoms with Crippen LogP contribution < -0.4 is 10.6 Å². The van der Waals surface area contributed by atoms with Gasteiger partial charge in [-0.3, -0.25) is 9.59 Å². The molecular formula is C31H31N5O3. The monoisotopic (exact) mass is 521 g/mol. The second-order valence-corrected chi connectivity index (χ2v) is 12.3. The maximum Gasteiger partial charge on any atom is 0.256 e. The summed E-state index contributed by atoms with van der Waals surface area (Å²) in [6.07, 6.45) is 6.68. The van der Waals surface area contributed by atoms with Crippen LogP contribution in [0.3, 0.4) is 0 Å². The summed E-state index contributed by atoms with van der Waals surface area (Å²) in [6, 6.07) is 18.3. The number of carbonyl (C=O) groups excluding carboxylic acids is 2. The Morgan fingerprint density at radius 3 is 2.56 bits per heavy atom. The molecule has 8 rings (SSSR count). The zero-order valence-corrected chi connectivity index (χ0v) is 21.8. The molecule has 4 unspecified atom stereocenters. The molecule has 8 nitrogen and oxygen atoms in total. The smallest absolute Gasteiger partial charge is 0.256 e. The Bertz CT molecular complexity index is 1580. The highest BCUT2D eigenvalue weighted by Gasteiger charge is 2.63. The number of aliphatic hydroxyl groups is 1. The van der Waals surface area contributed by atoms with Gasteiger partial charge in [-0.05, 0) is 104 Å². The first kappa shape index (κ1) is 24.0. The fourth-order valence-corrected chi connectivity index (χ4v) is 8.01. The zero-order valence-electron chi connectivity index (χ0n) is 21.8. The Morgan fingerprint density at radius 1 is 0.974 bits per heavy atom. The molecular weight excluding hydrogens is 490 g/mol. The van der Waals surface area contributed by atoms with Crippen molar-refractivity contribution in [2.75, 3.05) is 10.6 Å². The molecule has 2 heterocycles. The van der Waals surface area contributed by atoms with Crippen LogP contribution in [0.2, 0.25) is 0 Å². The second kappa shape index (κ2) is 8.48. The number of rotatable bonds is 5. The molecule has 4 N–H and O–H groups in total. The average Bonchev–Trinajstić information content (AvgIpc) is 3.31. The van der Waals surface area contributed by atoms with Gasteiger partial charge >= 0.3 is 0 Å². The Labute approximate surface area is 226 Å². The predicted octanol–water partition coefficient (Wildman–Crippen LogP) is 5.54. The van der Waals surface area contributed by atoms with E-state index >= 15 is 0 Å². The van der Waals surface area contributed by atoms with Gasteiger partial charge in [-0.15, -0.1) is 0 Å². The van der Waals surface area contributed by atoms with Crippen LogP contribution in [0, 0.1) is 16.7 Å².